The summed E-state index contributed by atoms with van der Waals surface area (Å²) in [7, 11) is 0. The zero-order valence-corrected chi connectivity index (χ0v) is 16.8. The summed E-state index contributed by atoms with van der Waals surface area (Å²) in [4.78, 5) is 28.1. The predicted octanol–water partition coefficient (Wildman–Crippen LogP) is 4.34. The van der Waals surface area contributed by atoms with Crippen LogP contribution in [0.4, 0.5) is 9.93 Å². The Bertz CT molecular complexity index is 960. The predicted molar refractivity (Wildman–Crippen MR) is 109 cm³/mol. The van der Waals surface area contributed by atoms with E-state index in [0.29, 0.717) is 40.3 Å². The zero-order valence-electron chi connectivity index (χ0n) is 14.5. The van der Waals surface area contributed by atoms with Crippen molar-refractivity contribution in [3.8, 4) is 0 Å². The normalized spacial score (nSPS) is 10.5. The first-order valence-corrected chi connectivity index (χ1v) is 9.88. The maximum atomic E-state index is 12.0. The summed E-state index contributed by atoms with van der Waals surface area (Å²) in [6.45, 7) is 0.734. The van der Waals surface area contributed by atoms with Gasteiger partial charge in [0.2, 0.25) is 0 Å². The quantitative estimate of drug-likeness (QED) is 0.511. The van der Waals surface area contributed by atoms with Crippen LogP contribution in [-0.4, -0.2) is 23.5 Å². The second-order valence-electron chi connectivity index (χ2n) is 5.72. The van der Waals surface area contributed by atoms with Crippen LogP contribution in [0.5, 0.6) is 0 Å². The van der Waals surface area contributed by atoms with Crippen LogP contribution in [0.2, 0.25) is 10.0 Å². The van der Waals surface area contributed by atoms with E-state index in [-0.39, 0.29) is 11.9 Å². The topological polar surface area (TPSA) is 96.3 Å². The van der Waals surface area contributed by atoms with Crippen LogP contribution in [0.15, 0.2) is 46.6 Å². The standard InChI is InChI=1S/C18H16Cl2N4O3S/c19-14-2-1-11(7-15(14)20)8-22-17(26)24-18-23-13(10-28-18)3-5-21-16(25)12-4-6-27-9-12/h1-2,4,6-7,9-10H,3,5,8H2,(H,21,25)(H2,22,23,24,26). The molecule has 10 heteroatoms. The van der Waals surface area contributed by atoms with Crippen molar-refractivity contribution >= 4 is 51.6 Å². The smallest absolute Gasteiger partial charge is 0.321 e. The molecule has 0 saturated carbocycles. The van der Waals surface area contributed by atoms with Crippen molar-refractivity contribution in [1.82, 2.24) is 15.6 Å². The molecule has 0 fully saturated rings. The number of nitrogens with one attached hydrogen (secondary N) is 3. The van der Waals surface area contributed by atoms with E-state index in [2.05, 4.69) is 20.9 Å². The number of amides is 3. The molecular weight excluding hydrogens is 423 g/mol. The van der Waals surface area contributed by atoms with Crippen molar-refractivity contribution in [2.24, 2.45) is 0 Å². The van der Waals surface area contributed by atoms with Gasteiger partial charge in [0, 0.05) is 24.9 Å². The van der Waals surface area contributed by atoms with Crippen LogP contribution in [0.25, 0.3) is 0 Å². The number of anilines is 1. The van der Waals surface area contributed by atoms with Crippen LogP contribution >= 0.6 is 34.5 Å². The van der Waals surface area contributed by atoms with Gasteiger partial charge >= 0.3 is 6.03 Å². The Morgan fingerprint density at radius 1 is 1.14 bits per heavy atom. The van der Waals surface area contributed by atoms with Gasteiger partial charge in [-0.1, -0.05) is 29.3 Å². The molecular formula is C18H16Cl2N4O3S. The summed E-state index contributed by atoms with van der Waals surface area (Å²) in [6, 6.07) is 6.38. The summed E-state index contributed by atoms with van der Waals surface area (Å²) in [6.07, 6.45) is 3.38. The molecule has 0 aliphatic rings. The lowest BCUT2D eigenvalue weighted by molar-refractivity contribution is 0.0953. The Morgan fingerprint density at radius 3 is 2.75 bits per heavy atom. The first-order valence-electron chi connectivity index (χ1n) is 8.25. The minimum atomic E-state index is -0.375. The van der Waals surface area contributed by atoms with Crippen molar-refractivity contribution in [3.63, 3.8) is 0 Å². The molecule has 0 saturated heterocycles. The van der Waals surface area contributed by atoms with Crippen molar-refractivity contribution in [2.45, 2.75) is 13.0 Å². The summed E-state index contributed by atoms with van der Waals surface area (Å²) in [5, 5.41) is 11.4. The number of urea groups is 1. The molecule has 0 spiro atoms. The Kier molecular flexibility index (Phi) is 6.91. The van der Waals surface area contributed by atoms with Crippen molar-refractivity contribution in [1.29, 1.82) is 0 Å². The lowest BCUT2D eigenvalue weighted by atomic mass is 10.2. The Labute approximate surface area is 175 Å². The molecule has 2 aromatic heterocycles. The second kappa shape index (κ2) is 9.59. The van der Waals surface area contributed by atoms with E-state index in [9.17, 15) is 9.59 Å². The third-order valence-corrected chi connectivity index (χ3v) is 5.20. The largest absolute Gasteiger partial charge is 0.472 e. The van der Waals surface area contributed by atoms with Crippen LogP contribution in [0, 0.1) is 0 Å². The molecule has 28 heavy (non-hydrogen) atoms. The molecule has 3 amide bonds. The average Bonchev–Trinajstić information content (AvgIpc) is 3.35. The number of nitrogens with zero attached hydrogens (tertiary/aromatic N) is 1. The van der Waals surface area contributed by atoms with Gasteiger partial charge in [-0.25, -0.2) is 9.78 Å². The molecule has 0 bridgehead atoms. The molecule has 3 N–H and O–H groups in total. The fraction of sp³-hybridized carbons (Fsp3) is 0.167. The van der Waals surface area contributed by atoms with Crippen LogP contribution in [0.3, 0.4) is 0 Å². The molecule has 3 rings (SSSR count). The van der Waals surface area contributed by atoms with Crippen LogP contribution < -0.4 is 16.0 Å². The SMILES string of the molecule is O=C(NCc1ccc(Cl)c(Cl)c1)Nc1nc(CCNC(=O)c2ccoc2)cs1. The number of benzene rings is 1. The van der Waals surface area contributed by atoms with E-state index in [1.165, 1.54) is 23.9 Å². The lowest BCUT2D eigenvalue weighted by Crippen LogP contribution is -2.28. The lowest BCUT2D eigenvalue weighted by Gasteiger charge is -2.06. The molecule has 146 valence electrons. The molecule has 7 nitrogen and oxygen atoms in total. The average molecular weight is 439 g/mol. The van der Waals surface area contributed by atoms with Gasteiger partial charge in [-0.05, 0) is 23.8 Å². The minimum Gasteiger partial charge on any atom is -0.472 e. The summed E-state index contributed by atoms with van der Waals surface area (Å²) >= 11 is 13.1. The van der Waals surface area contributed by atoms with Gasteiger partial charge in [-0.2, -0.15) is 0 Å². The minimum absolute atomic E-state index is 0.205. The molecule has 3 aromatic rings. The van der Waals surface area contributed by atoms with E-state index < -0.39 is 0 Å². The molecule has 2 heterocycles. The number of rotatable bonds is 7. The van der Waals surface area contributed by atoms with Crippen molar-refractivity contribution in [2.75, 3.05) is 11.9 Å². The second-order valence-corrected chi connectivity index (χ2v) is 7.39. The maximum absolute atomic E-state index is 12.0. The molecule has 0 aliphatic heterocycles. The third-order valence-electron chi connectivity index (χ3n) is 3.66. The fourth-order valence-electron chi connectivity index (χ4n) is 2.25. The summed E-state index contributed by atoms with van der Waals surface area (Å²) < 4.78 is 4.87. The van der Waals surface area contributed by atoms with Gasteiger partial charge in [0.1, 0.15) is 6.26 Å². The molecule has 0 aliphatic carbocycles. The molecule has 0 radical (unpaired) electrons. The van der Waals surface area contributed by atoms with Crippen LogP contribution in [-0.2, 0) is 13.0 Å². The van der Waals surface area contributed by atoms with Gasteiger partial charge < -0.3 is 15.1 Å². The number of furan rings is 1. The third kappa shape index (κ3) is 5.72. The number of carbonyl (C=O) groups is 2. The van der Waals surface area contributed by atoms with E-state index in [0.717, 1.165) is 11.3 Å². The number of aromatic nitrogens is 1. The highest BCUT2D eigenvalue weighted by Crippen LogP contribution is 2.22. The van der Waals surface area contributed by atoms with E-state index in [1.807, 2.05) is 5.38 Å². The number of hydrogen-bond donors (Lipinski definition) is 3. The zero-order chi connectivity index (χ0) is 19.9. The van der Waals surface area contributed by atoms with E-state index in [4.69, 9.17) is 27.6 Å². The Hall–Kier alpha value is -2.55. The number of hydrogen-bond acceptors (Lipinski definition) is 5. The number of halogens is 2. The van der Waals surface area contributed by atoms with Gasteiger partial charge in [-0.3, -0.25) is 10.1 Å². The van der Waals surface area contributed by atoms with Gasteiger partial charge in [0.25, 0.3) is 5.91 Å². The van der Waals surface area contributed by atoms with Crippen molar-refractivity contribution < 1.29 is 14.0 Å². The van der Waals surface area contributed by atoms with Crippen molar-refractivity contribution in [3.05, 3.63) is 69.0 Å². The van der Waals surface area contributed by atoms with Crippen LogP contribution in [0.1, 0.15) is 21.6 Å². The maximum Gasteiger partial charge on any atom is 0.321 e. The van der Waals surface area contributed by atoms with Gasteiger partial charge in [0.15, 0.2) is 5.13 Å². The fourth-order valence-corrected chi connectivity index (χ4v) is 3.31. The summed E-state index contributed by atoms with van der Waals surface area (Å²) in [5.74, 6) is -0.205. The first-order chi connectivity index (χ1) is 13.5. The number of carbonyl (C=O) groups excluding carboxylic acids is 2. The highest BCUT2D eigenvalue weighted by atomic mass is 35.5. The Morgan fingerprint density at radius 2 is 2.00 bits per heavy atom. The highest BCUT2D eigenvalue weighted by molar-refractivity contribution is 7.13. The monoisotopic (exact) mass is 438 g/mol. The van der Waals surface area contributed by atoms with E-state index >= 15 is 0 Å². The van der Waals surface area contributed by atoms with Gasteiger partial charge in [-0.15, -0.1) is 11.3 Å². The molecule has 0 atom stereocenters. The first kappa shape index (κ1) is 20.2. The molecule has 0 unspecified atom stereocenters. The Balaban J connectivity index is 1.41. The van der Waals surface area contributed by atoms with Gasteiger partial charge in [0.05, 0.1) is 27.6 Å². The highest BCUT2D eigenvalue weighted by Gasteiger charge is 2.09. The number of thiazole rings is 1. The van der Waals surface area contributed by atoms with E-state index in [1.54, 1.807) is 24.3 Å². The molecule has 1 aromatic carbocycles. The summed E-state index contributed by atoms with van der Waals surface area (Å²) in [5.41, 5.74) is 2.08.